The molecule has 0 unspecified atom stereocenters. The Balaban J connectivity index is 1.80. The smallest absolute Gasteiger partial charge is 0.0872 e. The topological polar surface area (TPSA) is 54.4 Å². The lowest BCUT2D eigenvalue weighted by atomic mass is 9.81. The first-order valence-corrected chi connectivity index (χ1v) is 6.74. The van der Waals surface area contributed by atoms with Gasteiger partial charge in [-0.05, 0) is 37.6 Å². The zero-order valence-electron chi connectivity index (χ0n) is 10.5. The highest BCUT2D eigenvalue weighted by molar-refractivity contribution is 5.14. The molecule has 2 atom stereocenters. The number of piperidine rings is 1. The van der Waals surface area contributed by atoms with Crippen LogP contribution < -0.4 is 5.32 Å². The van der Waals surface area contributed by atoms with Crippen molar-refractivity contribution in [2.75, 3.05) is 13.1 Å². The number of hydrogen-bond donors (Lipinski definition) is 2. The van der Waals surface area contributed by atoms with Crippen LogP contribution >= 0.6 is 0 Å². The number of ether oxygens (including phenoxy) is 1. The minimum absolute atomic E-state index is 0.0134. The third-order valence-electron chi connectivity index (χ3n) is 4.06. The third-order valence-corrected chi connectivity index (χ3v) is 4.06. The lowest BCUT2D eigenvalue weighted by Crippen LogP contribution is -2.49. The highest BCUT2D eigenvalue weighted by atomic mass is 16.5. The highest BCUT2D eigenvalue weighted by Crippen LogP contribution is 2.41. The van der Waals surface area contributed by atoms with Crippen molar-refractivity contribution in [1.29, 1.82) is 0 Å². The molecule has 98 valence electrons. The molecule has 2 saturated heterocycles. The number of pyridine rings is 1. The normalized spacial score (nSPS) is 31.4. The van der Waals surface area contributed by atoms with E-state index in [2.05, 4.69) is 10.3 Å². The van der Waals surface area contributed by atoms with Crippen LogP contribution in [-0.4, -0.2) is 34.9 Å². The van der Waals surface area contributed by atoms with Crippen molar-refractivity contribution in [3.63, 3.8) is 0 Å². The Bertz CT molecular complexity index is 390. The van der Waals surface area contributed by atoms with Crippen LogP contribution in [0.4, 0.5) is 0 Å². The first-order valence-electron chi connectivity index (χ1n) is 6.74. The van der Waals surface area contributed by atoms with Crippen LogP contribution in [0.15, 0.2) is 24.5 Å². The second kappa shape index (κ2) is 4.96. The zero-order valence-corrected chi connectivity index (χ0v) is 10.5. The van der Waals surface area contributed by atoms with Gasteiger partial charge in [-0.1, -0.05) is 6.07 Å². The van der Waals surface area contributed by atoms with Crippen molar-refractivity contribution >= 4 is 0 Å². The fourth-order valence-electron chi connectivity index (χ4n) is 3.13. The van der Waals surface area contributed by atoms with Crippen LogP contribution in [0.1, 0.15) is 37.4 Å². The van der Waals surface area contributed by atoms with E-state index in [1.807, 2.05) is 18.3 Å². The van der Waals surface area contributed by atoms with E-state index >= 15 is 0 Å². The summed E-state index contributed by atoms with van der Waals surface area (Å²) in [4.78, 5) is 4.14. The predicted molar refractivity (Wildman–Crippen MR) is 68.1 cm³/mol. The molecule has 4 heteroatoms. The van der Waals surface area contributed by atoms with Crippen LogP contribution in [0, 0.1) is 0 Å². The number of rotatable bonds is 1. The second-order valence-corrected chi connectivity index (χ2v) is 5.42. The molecule has 1 spiro atoms. The van der Waals surface area contributed by atoms with Gasteiger partial charge in [-0.15, -0.1) is 0 Å². The lowest BCUT2D eigenvalue weighted by molar-refractivity contribution is -0.175. The first-order chi connectivity index (χ1) is 8.77. The van der Waals surface area contributed by atoms with E-state index in [1.165, 1.54) is 0 Å². The van der Waals surface area contributed by atoms with Gasteiger partial charge in [-0.25, -0.2) is 0 Å². The number of aromatic nitrogens is 1. The van der Waals surface area contributed by atoms with E-state index in [4.69, 9.17) is 4.74 Å². The Hall–Kier alpha value is -0.970. The molecule has 0 aromatic carbocycles. The zero-order chi connectivity index (χ0) is 12.4. The van der Waals surface area contributed by atoms with Gasteiger partial charge < -0.3 is 15.2 Å². The van der Waals surface area contributed by atoms with Gasteiger partial charge in [0.05, 0.1) is 17.8 Å². The summed E-state index contributed by atoms with van der Waals surface area (Å²) in [5.74, 6) is 0. The molecule has 1 aromatic rings. The van der Waals surface area contributed by atoms with Gasteiger partial charge in [-0.3, -0.25) is 4.98 Å². The monoisotopic (exact) mass is 248 g/mol. The van der Waals surface area contributed by atoms with Crippen molar-refractivity contribution in [3.05, 3.63) is 30.1 Å². The summed E-state index contributed by atoms with van der Waals surface area (Å²) >= 11 is 0. The van der Waals surface area contributed by atoms with Gasteiger partial charge in [-0.2, -0.15) is 0 Å². The van der Waals surface area contributed by atoms with Gasteiger partial charge in [0.15, 0.2) is 0 Å². The molecule has 2 aliphatic heterocycles. The Morgan fingerprint density at radius 3 is 2.94 bits per heavy atom. The Kier molecular flexibility index (Phi) is 3.33. The molecule has 0 amide bonds. The van der Waals surface area contributed by atoms with Crippen LogP contribution in [0.2, 0.25) is 0 Å². The van der Waals surface area contributed by atoms with Crippen LogP contribution in [-0.2, 0) is 4.74 Å². The van der Waals surface area contributed by atoms with Gasteiger partial charge in [0.2, 0.25) is 0 Å². The molecule has 3 heterocycles. The number of nitrogens with one attached hydrogen (secondary N) is 1. The van der Waals surface area contributed by atoms with E-state index in [-0.39, 0.29) is 17.8 Å². The molecule has 0 aliphatic carbocycles. The summed E-state index contributed by atoms with van der Waals surface area (Å²) in [5, 5.41) is 13.5. The molecule has 2 aliphatic rings. The molecule has 4 nitrogen and oxygen atoms in total. The summed E-state index contributed by atoms with van der Waals surface area (Å²) in [5.41, 5.74) is 0.942. The average molecular weight is 248 g/mol. The van der Waals surface area contributed by atoms with Crippen LogP contribution in [0.3, 0.4) is 0 Å². The Labute approximate surface area is 107 Å². The Morgan fingerprint density at radius 1 is 1.39 bits per heavy atom. The molecule has 2 fully saturated rings. The van der Waals surface area contributed by atoms with Crippen molar-refractivity contribution in [3.8, 4) is 0 Å². The number of nitrogens with zero attached hydrogens (tertiary/aromatic N) is 1. The molecule has 0 radical (unpaired) electrons. The van der Waals surface area contributed by atoms with Gasteiger partial charge in [0.25, 0.3) is 0 Å². The number of aliphatic hydroxyl groups is 1. The van der Waals surface area contributed by atoms with Crippen molar-refractivity contribution in [2.45, 2.75) is 43.5 Å². The number of aliphatic hydroxyl groups excluding tert-OH is 1. The van der Waals surface area contributed by atoms with E-state index in [0.717, 1.165) is 37.9 Å². The van der Waals surface area contributed by atoms with Gasteiger partial charge in [0, 0.05) is 25.2 Å². The predicted octanol–water partition coefficient (Wildman–Crippen LogP) is 1.42. The molecule has 0 bridgehead atoms. The van der Waals surface area contributed by atoms with E-state index in [9.17, 15) is 5.11 Å². The maximum absolute atomic E-state index is 10.1. The summed E-state index contributed by atoms with van der Waals surface area (Å²) in [6, 6.07) is 3.96. The minimum Gasteiger partial charge on any atom is -0.393 e. The second-order valence-electron chi connectivity index (χ2n) is 5.42. The third kappa shape index (κ3) is 2.41. The van der Waals surface area contributed by atoms with E-state index < -0.39 is 0 Å². The molecule has 1 aromatic heterocycles. The van der Waals surface area contributed by atoms with E-state index in [0.29, 0.717) is 6.42 Å². The molecular weight excluding hydrogens is 228 g/mol. The fraction of sp³-hybridized carbons (Fsp3) is 0.643. The molecular formula is C14H20N2O2. The van der Waals surface area contributed by atoms with E-state index in [1.54, 1.807) is 6.20 Å². The maximum atomic E-state index is 10.1. The summed E-state index contributed by atoms with van der Waals surface area (Å²) in [7, 11) is 0. The van der Waals surface area contributed by atoms with Crippen LogP contribution in [0.5, 0.6) is 0 Å². The summed E-state index contributed by atoms with van der Waals surface area (Å²) in [6.45, 7) is 1.96. The number of hydrogen-bond acceptors (Lipinski definition) is 4. The maximum Gasteiger partial charge on any atom is 0.0872 e. The van der Waals surface area contributed by atoms with Gasteiger partial charge in [0.1, 0.15) is 0 Å². The molecule has 3 rings (SSSR count). The Morgan fingerprint density at radius 2 is 2.22 bits per heavy atom. The van der Waals surface area contributed by atoms with Gasteiger partial charge >= 0.3 is 0 Å². The summed E-state index contributed by atoms with van der Waals surface area (Å²) in [6.07, 6.45) is 6.76. The van der Waals surface area contributed by atoms with Crippen LogP contribution in [0.25, 0.3) is 0 Å². The van der Waals surface area contributed by atoms with Crippen molar-refractivity contribution in [2.24, 2.45) is 0 Å². The largest absolute Gasteiger partial charge is 0.393 e. The average Bonchev–Trinajstić information content (AvgIpc) is 2.40. The standard InChI is InChI=1S/C14H20N2O2/c17-12-8-13(11-2-1-5-16-10-11)18-14(9-12)3-6-15-7-4-14/h1-2,5,10,12-13,15,17H,3-4,6-9H2/t12-,13-/m0/s1. The van der Waals surface area contributed by atoms with Crippen molar-refractivity contribution < 1.29 is 9.84 Å². The summed E-state index contributed by atoms with van der Waals surface area (Å²) < 4.78 is 6.33. The first kappa shape index (κ1) is 12.1. The minimum atomic E-state index is -0.262. The highest BCUT2D eigenvalue weighted by Gasteiger charge is 2.42. The SMILES string of the molecule is O[C@H]1C[C@@H](c2cccnc2)OC2(CCNCC2)C1. The lowest BCUT2D eigenvalue weighted by Gasteiger charge is -2.45. The molecule has 18 heavy (non-hydrogen) atoms. The van der Waals surface area contributed by atoms with Crippen molar-refractivity contribution in [1.82, 2.24) is 10.3 Å². The fourth-order valence-corrected chi connectivity index (χ4v) is 3.13. The quantitative estimate of drug-likeness (QED) is 0.789. The molecule has 0 saturated carbocycles. The molecule has 2 N–H and O–H groups in total.